The molecule has 0 saturated carbocycles. The molecule has 2 aliphatic heterocycles. The first-order chi connectivity index (χ1) is 32.9. The Balaban J connectivity index is 0.000000184. The van der Waals surface area contributed by atoms with E-state index in [1.807, 2.05) is 91.0 Å². The van der Waals surface area contributed by atoms with Crippen molar-refractivity contribution < 1.29 is 28.7 Å². The number of hydrogen-bond acceptors (Lipinski definition) is 8. The van der Waals surface area contributed by atoms with Gasteiger partial charge in [0, 0.05) is 68.4 Å². The van der Waals surface area contributed by atoms with Gasteiger partial charge in [0.1, 0.15) is 0 Å². The number of aromatic nitrogens is 2. The molecule has 0 bridgehead atoms. The molecule has 2 aliphatic rings. The van der Waals surface area contributed by atoms with E-state index in [-0.39, 0.29) is 35.0 Å². The van der Waals surface area contributed by atoms with Crippen molar-refractivity contribution >= 4 is 72.5 Å². The van der Waals surface area contributed by atoms with E-state index >= 15 is 0 Å². The van der Waals surface area contributed by atoms with Crippen LogP contribution in [0.5, 0.6) is 0 Å². The van der Waals surface area contributed by atoms with E-state index in [1.165, 1.54) is 5.56 Å². The van der Waals surface area contributed by atoms with Gasteiger partial charge in [-0.05, 0) is 119 Å². The number of fused-ring (bicyclic) bond motifs is 2. The van der Waals surface area contributed by atoms with Crippen LogP contribution >= 0.6 is 15.9 Å². The summed E-state index contributed by atoms with van der Waals surface area (Å²) in [6.45, 7) is 4.05. The lowest BCUT2D eigenvalue weighted by Crippen LogP contribution is -2.33. The van der Waals surface area contributed by atoms with Gasteiger partial charge in [-0.2, -0.15) is 0 Å². The lowest BCUT2D eigenvalue weighted by Gasteiger charge is -2.22. The number of carbonyl (C=O) groups excluding carboxylic acids is 4. The zero-order valence-corrected chi connectivity index (χ0v) is 38.7. The number of nitrogens with one attached hydrogen (secondary N) is 4. The normalized spacial score (nSPS) is 14.1. The van der Waals surface area contributed by atoms with Crippen molar-refractivity contribution in [2.75, 3.05) is 50.2 Å². The molecule has 13 heteroatoms. The largest absolute Gasteiger partial charge is 0.381 e. The van der Waals surface area contributed by atoms with E-state index in [0.717, 1.165) is 91.2 Å². The van der Waals surface area contributed by atoms with Crippen LogP contribution in [-0.4, -0.2) is 73.1 Å². The molecular formula is C54H53BrN6O6. The van der Waals surface area contributed by atoms with Gasteiger partial charge in [-0.15, -0.1) is 0 Å². The number of pyridine rings is 2. The lowest BCUT2D eigenvalue weighted by molar-refractivity contribution is 0.0642. The number of hydrogen-bond donors (Lipinski definition) is 4. The van der Waals surface area contributed by atoms with Crippen LogP contribution in [0.4, 0.5) is 11.4 Å². The van der Waals surface area contributed by atoms with Crippen molar-refractivity contribution in [2.45, 2.75) is 37.4 Å². The first-order valence-electron chi connectivity index (χ1n) is 22.7. The number of carbonyl (C=O) groups is 4. The summed E-state index contributed by atoms with van der Waals surface area (Å²) in [5.41, 5.74) is 5.80. The molecule has 9 rings (SSSR count). The molecular weight excluding hydrogens is 909 g/mol. The zero-order chi connectivity index (χ0) is 46.4. The summed E-state index contributed by atoms with van der Waals surface area (Å²) in [5, 5.41) is 16.2. The van der Waals surface area contributed by atoms with Gasteiger partial charge >= 0.3 is 0 Å². The Hall–Kier alpha value is -6.80. The Morgan fingerprint density at radius 3 is 1.40 bits per heavy atom. The lowest BCUT2D eigenvalue weighted by atomic mass is 9.95. The number of ether oxygens (including phenoxy) is 2. The maximum absolute atomic E-state index is 13.4. The maximum atomic E-state index is 13.4. The summed E-state index contributed by atoms with van der Waals surface area (Å²) < 4.78 is 10.8. The van der Waals surface area contributed by atoms with Gasteiger partial charge in [-0.1, -0.05) is 107 Å². The fourth-order valence-electron chi connectivity index (χ4n) is 8.50. The van der Waals surface area contributed by atoms with Gasteiger partial charge in [0.05, 0.1) is 11.4 Å². The first-order valence-corrected chi connectivity index (χ1v) is 23.8. The molecule has 5 aromatic carbocycles. The molecule has 0 radical (unpaired) electrons. The molecule has 0 aliphatic carbocycles. The summed E-state index contributed by atoms with van der Waals surface area (Å²) in [7, 11) is 0. The van der Waals surface area contributed by atoms with Crippen LogP contribution in [-0.2, 0) is 21.2 Å². The highest BCUT2D eigenvalue weighted by Gasteiger charge is 2.22. The average molecular weight is 962 g/mol. The molecule has 342 valence electrons. The molecule has 0 spiro atoms. The van der Waals surface area contributed by atoms with E-state index in [4.69, 9.17) is 9.47 Å². The van der Waals surface area contributed by atoms with Gasteiger partial charge in [0.25, 0.3) is 23.6 Å². The third kappa shape index (κ3) is 12.0. The number of nitrogens with zero attached hydrogens (tertiary/aromatic N) is 2. The minimum Gasteiger partial charge on any atom is -0.381 e. The van der Waals surface area contributed by atoms with Gasteiger partial charge in [0.15, 0.2) is 11.4 Å². The topological polar surface area (TPSA) is 161 Å². The number of rotatable bonds is 13. The summed E-state index contributed by atoms with van der Waals surface area (Å²) in [5.74, 6) is -0.334. The molecule has 0 unspecified atom stereocenters. The third-order valence-electron chi connectivity index (χ3n) is 12.2. The van der Waals surface area contributed by atoms with Crippen molar-refractivity contribution in [3.63, 3.8) is 0 Å². The third-order valence-corrected chi connectivity index (χ3v) is 12.8. The Bertz CT molecular complexity index is 2850. The predicted octanol–water partition coefficient (Wildman–Crippen LogP) is 9.77. The zero-order valence-electron chi connectivity index (χ0n) is 37.1. The Morgan fingerprint density at radius 1 is 0.493 bits per heavy atom. The molecule has 2 fully saturated rings. The van der Waals surface area contributed by atoms with Crippen LogP contribution in [0.15, 0.2) is 140 Å². The van der Waals surface area contributed by atoms with Crippen molar-refractivity contribution in [1.29, 1.82) is 0 Å². The maximum Gasteiger partial charge on any atom is 0.272 e. The highest BCUT2D eigenvalue weighted by atomic mass is 79.9. The second-order valence-electron chi connectivity index (χ2n) is 16.7. The van der Waals surface area contributed by atoms with E-state index in [9.17, 15) is 19.2 Å². The first kappa shape index (κ1) is 46.7. The van der Waals surface area contributed by atoms with E-state index in [1.54, 1.807) is 36.7 Å². The number of halogens is 1. The standard InChI is InChI=1S/C30H29N3O3.C24H24BrN3O3/c34-29(33-27-11-6-16-31-28(27)30(35)32-20-22-14-17-36-18-15-22)26-13-12-23(19-21-7-2-1-3-8-21)24-9-4-5-10-25(24)26;25-14-17-7-8-20(19-5-2-1-4-18(17)19)23(29)28-21-6-3-11-26-22(21)24(30)27-15-16-9-12-31-13-10-16/h1-13,16,22H,14-15,17-20H2,(H,32,35)(H,33,34);1-8,11,16H,9-10,12-15H2,(H,27,30)(H,28,29). The van der Waals surface area contributed by atoms with Gasteiger partial charge in [-0.3, -0.25) is 19.2 Å². The van der Waals surface area contributed by atoms with Gasteiger partial charge in [0.2, 0.25) is 0 Å². The Labute approximate surface area is 398 Å². The fraction of sp³-hybridized carbons (Fsp3) is 0.259. The highest BCUT2D eigenvalue weighted by molar-refractivity contribution is 9.08. The molecule has 2 saturated heterocycles. The van der Waals surface area contributed by atoms with Crippen LogP contribution in [0.2, 0.25) is 0 Å². The molecule has 2 aromatic heterocycles. The molecule has 12 nitrogen and oxygen atoms in total. The predicted molar refractivity (Wildman–Crippen MR) is 266 cm³/mol. The number of benzene rings is 5. The average Bonchev–Trinajstić information content (AvgIpc) is 3.38. The second kappa shape index (κ2) is 23.1. The van der Waals surface area contributed by atoms with Crippen LogP contribution in [0.25, 0.3) is 21.5 Å². The van der Waals surface area contributed by atoms with E-state index < -0.39 is 0 Å². The van der Waals surface area contributed by atoms with Crippen molar-refractivity contribution in [3.05, 3.63) is 179 Å². The molecule has 0 atom stereocenters. The SMILES string of the molecule is O=C(NCC1CCOCC1)c1ncccc1NC(=O)c1ccc(CBr)c2ccccc12.O=C(NCC1CCOCC1)c1ncccc1NC(=O)c1ccc(Cc2ccccc2)c2ccccc12. The summed E-state index contributed by atoms with van der Waals surface area (Å²) in [4.78, 5) is 60.6. The van der Waals surface area contributed by atoms with Gasteiger partial charge < -0.3 is 30.7 Å². The van der Waals surface area contributed by atoms with Crippen LogP contribution < -0.4 is 21.3 Å². The van der Waals surface area contributed by atoms with Crippen LogP contribution in [0.3, 0.4) is 0 Å². The molecule has 4 heterocycles. The quantitative estimate of drug-likeness (QED) is 0.0832. The minimum absolute atomic E-state index is 0.211. The second-order valence-corrected chi connectivity index (χ2v) is 17.2. The minimum atomic E-state index is -0.291. The summed E-state index contributed by atoms with van der Waals surface area (Å²) in [6, 6.07) is 40.5. The number of alkyl halides is 1. The molecule has 4 N–H and O–H groups in total. The van der Waals surface area contributed by atoms with Crippen molar-refractivity contribution in [1.82, 2.24) is 20.6 Å². The Morgan fingerprint density at radius 2 is 0.925 bits per heavy atom. The van der Waals surface area contributed by atoms with E-state index in [2.05, 4.69) is 59.3 Å². The monoisotopic (exact) mass is 960 g/mol. The van der Waals surface area contributed by atoms with Gasteiger partial charge in [-0.25, -0.2) is 9.97 Å². The number of anilines is 2. The molecule has 7 aromatic rings. The van der Waals surface area contributed by atoms with E-state index in [0.29, 0.717) is 52.8 Å². The Kier molecular flexibility index (Phi) is 16.1. The molecule has 4 amide bonds. The van der Waals surface area contributed by atoms with Crippen molar-refractivity contribution in [3.8, 4) is 0 Å². The van der Waals surface area contributed by atoms with Crippen LogP contribution in [0, 0.1) is 11.8 Å². The summed E-state index contributed by atoms with van der Waals surface area (Å²) in [6.07, 6.45) is 7.63. The summed E-state index contributed by atoms with van der Waals surface area (Å²) >= 11 is 3.50. The van der Waals surface area contributed by atoms with Crippen molar-refractivity contribution in [2.24, 2.45) is 11.8 Å². The number of amides is 4. The highest BCUT2D eigenvalue weighted by Crippen LogP contribution is 2.28. The fourth-order valence-corrected chi connectivity index (χ4v) is 8.99. The van der Waals surface area contributed by atoms with Crippen LogP contribution in [0.1, 0.15) is 84.1 Å². The molecule has 67 heavy (non-hydrogen) atoms. The smallest absolute Gasteiger partial charge is 0.272 e.